The van der Waals surface area contributed by atoms with Crippen molar-refractivity contribution >= 4 is 23.2 Å². The van der Waals surface area contributed by atoms with E-state index in [1.807, 2.05) is 0 Å². The van der Waals surface area contributed by atoms with Crippen LogP contribution in [0, 0.1) is 5.41 Å². The molecule has 0 saturated carbocycles. The molecule has 0 nitrogen and oxygen atoms in total. The molecule has 182 valence electrons. The van der Waals surface area contributed by atoms with E-state index >= 15 is 0 Å². The highest BCUT2D eigenvalue weighted by atomic mass is 31.2. The molecule has 0 radical (unpaired) electrons. The predicted molar refractivity (Wildman–Crippen MR) is 160 cm³/mol. The molecule has 4 rings (SSSR count). The molecule has 0 atom stereocenters. The number of benzene rings is 3. The van der Waals surface area contributed by atoms with Crippen LogP contribution in [-0.2, 0) is 0 Å². The Morgan fingerprint density at radius 1 is 0.800 bits per heavy atom. The van der Waals surface area contributed by atoms with Gasteiger partial charge in [-0.2, -0.15) is 0 Å². The van der Waals surface area contributed by atoms with Gasteiger partial charge in [-0.1, -0.05) is 99.2 Å². The Morgan fingerprint density at radius 2 is 1.26 bits per heavy atom. The van der Waals surface area contributed by atoms with Gasteiger partial charge in [0.2, 0.25) is 0 Å². The quantitative estimate of drug-likeness (QED) is 0.234. The Morgan fingerprint density at radius 3 is 1.69 bits per heavy atom. The molecule has 1 aliphatic rings. The zero-order valence-electron chi connectivity index (χ0n) is 21.2. The maximum Gasteiger partial charge on any atom is 0.115 e. The van der Waals surface area contributed by atoms with Gasteiger partial charge in [0.1, 0.15) is 23.2 Å². The van der Waals surface area contributed by atoms with E-state index in [0.717, 1.165) is 6.16 Å². The van der Waals surface area contributed by atoms with Crippen molar-refractivity contribution in [2.45, 2.75) is 54.4 Å². The fourth-order valence-corrected chi connectivity index (χ4v) is 9.52. The van der Waals surface area contributed by atoms with E-state index in [0.29, 0.717) is 0 Å². The molecule has 35 heavy (non-hydrogen) atoms. The van der Waals surface area contributed by atoms with Crippen LogP contribution in [0.4, 0.5) is 0 Å². The van der Waals surface area contributed by atoms with E-state index in [-0.39, 0.29) is 12.8 Å². The molecule has 3 aromatic rings. The van der Waals surface area contributed by atoms with Gasteiger partial charge in [-0.15, -0.1) is 0 Å². The summed E-state index contributed by atoms with van der Waals surface area (Å²) in [6.07, 6.45) is 12.1. The second-order valence-electron chi connectivity index (χ2n) is 10.2. The Hall–Kier alpha value is -2.69. The van der Waals surface area contributed by atoms with Crippen molar-refractivity contribution in [2.24, 2.45) is 5.41 Å². The highest BCUT2D eigenvalue weighted by Gasteiger charge is 2.44. The molecule has 0 aliphatic heterocycles. The van der Waals surface area contributed by atoms with E-state index in [4.69, 9.17) is 0 Å². The normalized spacial score (nSPS) is 16.3. The van der Waals surface area contributed by atoms with Crippen LogP contribution in [0.25, 0.3) is 0 Å². The van der Waals surface area contributed by atoms with Crippen LogP contribution in [0.15, 0.2) is 126 Å². The van der Waals surface area contributed by atoms with Gasteiger partial charge in [-0.05, 0) is 86.6 Å². The first-order valence-electron chi connectivity index (χ1n) is 12.5. The van der Waals surface area contributed by atoms with Crippen LogP contribution in [-0.4, -0.2) is 6.16 Å². The summed E-state index contributed by atoms with van der Waals surface area (Å²) in [5, 5.41) is 4.31. The highest BCUT2D eigenvalue weighted by Crippen LogP contribution is 2.55. The van der Waals surface area contributed by atoms with Crippen molar-refractivity contribution in [3.05, 3.63) is 126 Å². The zero-order valence-corrected chi connectivity index (χ0v) is 22.1. The largest absolute Gasteiger partial charge is 0.115 e. The molecule has 0 spiro atoms. The minimum Gasteiger partial charge on any atom is -0.0776 e. The molecule has 0 heterocycles. The maximum atomic E-state index is 2.48. The third-order valence-corrected chi connectivity index (χ3v) is 11.6. The minimum atomic E-state index is -1.82. The smallest absolute Gasteiger partial charge is 0.0776 e. The summed E-state index contributed by atoms with van der Waals surface area (Å²) < 4.78 is 0. The summed E-state index contributed by atoms with van der Waals surface area (Å²) in [7, 11) is -1.82. The zero-order chi connectivity index (χ0) is 24.0. The molecular formula is C34H42P+. The van der Waals surface area contributed by atoms with Crippen molar-refractivity contribution in [1.29, 1.82) is 0 Å². The number of allylic oxidation sites excluding steroid dienone is 6. The summed E-state index contributed by atoms with van der Waals surface area (Å²) in [5.74, 6) is 0. The monoisotopic (exact) mass is 481 g/mol. The van der Waals surface area contributed by atoms with Gasteiger partial charge < -0.3 is 0 Å². The molecule has 0 saturated heterocycles. The summed E-state index contributed by atoms with van der Waals surface area (Å²) in [6, 6.07) is 33.4. The molecule has 1 aliphatic carbocycles. The van der Waals surface area contributed by atoms with Gasteiger partial charge in [0.25, 0.3) is 0 Å². The van der Waals surface area contributed by atoms with Crippen LogP contribution in [0.1, 0.15) is 54.4 Å². The molecule has 0 bridgehead atoms. The molecule has 0 amide bonds. The first kappa shape index (κ1) is 26.9. The summed E-state index contributed by atoms with van der Waals surface area (Å²) >= 11 is 0. The van der Waals surface area contributed by atoms with Gasteiger partial charge >= 0.3 is 0 Å². The van der Waals surface area contributed by atoms with Gasteiger partial charge in [-0.3, -0.25) is 0 Å². The SMILES string of the molecule is C.CC1=C(/C=C/C(C)=C\C[P+](c2ccccc2)(c2ccccc2)c2ccccc2)C(C)(C)CCC1. The molecule has 0 N–H and O–H groups in total. The van der Waals surface area contributed by atoms with Crippen molar-refractivity contribution in [3.63, 3.8) is 0 Å². The Balaban J connectivity index is 0.00000342. The Bertz CT molecular complexity index is 1070. The maximum absolute atomic E-state index is 2.48. The van der Waals surface area contributed by atoms with Crippen molar-refractivity contribution in [1.82, 2.24) is 0 Å². The minimum absolute atomic E-state index is 0. The highest BCUT2D eigenvalue weighted by molar-refractivity contribution is 7.95. The summed E-state index contributed by atoms with van der Waals surface area (Å²) in [5.41, 5.74) is 4.70. The topological polar surface area (TPSA) is 0 Å². The van der Waals surface area contributed by atoms with E-state index < -0.39 is 7.26 Å². The van der Waals surface area contributed by atoms with Gasteiger partial charge in [0, 0.05) is 0 Å². The van der Waals surface area contributed by atoms with Gasteiger partial charge in [0.15, 0.2) is 0 Å². The molecule has 0 aromatic heterocycles. The average Bonchev–Trinajstić information content (AvgIpc) is 2.86. The lowest BCUT2D eigenvalue weighted by Gasteiger charge is -2.33. The van der Waals surface area contributed by atoms with E-state index in [1.54, 1.807) is 5.57 Å². The van der Waals surface area contributed by atoms with Crippen LogP contribution >= 0.6 is 7.26 Å². The Labute approximate surface area is 214 Å². The summed E-state index contributed by atoms with van der Waals surface area (Å²) in [4.78, 5) is 0. The first-order chi connectivity index (χ1) is 16.4. The van der Waals surface area contributed by atoms with Gasteiger partial charge in [-0.25, -0.2) is 0 Å². The van der Waals surface area contributed by atoms with Crippen LogP contribution < -0.4 is 15.9 Å². The van der Waals surface area contributed by atoms with Crippen molar-refractivity contribution < 1.29 is 0 Å². The number of hydrogen-bond acceptors (Lipinski definition) is 0. The van der Waals surface area contributed by atoms with Gasteiger partial charge in [0.05, 0.1) is 6.16 Å². The summed E-state index contributed by atoms with van der Waals surface area (Å²) in [6.45, 7) is 9.37. The predicted octanol–water partition coefficient (Wildman–Crippen LogP) is 8.65. The van der Waals surface area contributed by atoms with Crippen molar-refractivity contribution in [3.8, 4) is 0 Å². The Kier molecular flexibility index (Phi) is 9.09. The molecule has 3 aromatic carbocycles. The third kappa shape index (κ3) is 5.94. The average molecular weight is 482 g/mol. The third-order valence-electron chi connectivity index (χ3n) is 7.33. The second-order valence-corrected chi connectivity index (χ2v) is 13.7. The van der Waals surface area contributed by atoms with E-state index in [9.17, 15) is 0 Å². The molecule has 0 fully saturated rings. The second kappa shape index (κ2) is 11.8. The molecular weight excluding hydrogens is 439 g/mol. The molecule has 1 heteroatoms. The lowest BCUT2D eigenvalue weighted by Crippen LogP contribution is -2.33. The van der Waals surface area contributed by atoms with E-state index in [1.165, 1.54) is 46.3 Å². The van der Waals surface area contributed by atoms with Crippen LogP contribution in [0.5, 0.6) is 0 Å². The fourth-order valence-electron chi connectivity index (χ4n) is 5.38. The molecule has 0 unspecified atom stereocenters. The first-order valence-corrected chi connectivity index (χ1v) is 14.5. The number of hydrogen-bond donors (Lipinski definition) is 0. The van der Waals surface area contributed by atoms with Crippen molar-refractivity contribution in [2.75, 3.05) is 6.16 Å². The van der Waals surface area contributed by atoms with Crippen LogP contribution in [0.2, 0.25) is 0 Å². The van der Waals surface area contributed by atoms with E-state index in [2.05, 4.69) is 137 Å². The lowest BCUT2D eigenvalue weighted by atomic mass is 9.72. The lowest BCUT2D eigenvalue weighted by molar-refractivity contribution is 0.377. The fraction of sp³-hybridized carbons (Fsp3) is 0.294. The standard InChI is InChI=1S/C33H38P.CH4/c1-27(22-23-32-28(2)15-14-25-33(32,3)4)24-26-34(29-16-8-5-9-17-29,30-18-10-6-11-19-30)31-20-12-7-13-21-31;/h5-13,16-24H,14-15,25-26H2,1-4H3;1H4/q+1;/b23-22+,27-24-;. The number of rotatable bonds is 7. The van der Waals surface area contributed by atoms with Crippen LogP contribution in [0.3, 0.4) is 0 Å².